The molecule has 132 heavy (non-hydrogen) atoms. The average molecular weight is 1670 g/mol. The van der Waals surface area contributed by atoms with Crippen molar-refractivity contribution in [1.82, 2.24) is 0 Å². The van der Waals surface area contributed by atoms with Crippen LogP contribution >= 0.6 is 0 Å². The second-order valence-corrected chi connectivity index (χ2v) is 35.6. The fourth-order valence-electron chi connectivity index (χ4n) is 22.8. The van der Waals surface area contributed by atoms with Gasteiger partial charge in [-0.1, -0.05) is 413 Å². The predicted octanol–water partition coefficient (Wildman–Crippen LogP) is 34.6. The third kappa shape index (κ3) is 12.1. The van der Waals surface area contributed by atoms with Crippen molar-refractivity contribution >= 4 is 55.7 Å². The van der Waals surface area contributed by atoms with E-state index in [1.54, 1.807) is 0 Å². The first-order valence-electron chi connectivity index (χ1n) is 45.9. The molecule has 0 saturated heterocycles. The van der Waals surface area contributed by atoms with Crippen LogP contribution in [0.2, 0.25) is 0 Å². The summed E-state index contributed by atoms with van der Waals surface area (Å²) in [6.45, 7) is 0. The Kier molecular flexibility index (Phi) is 17.8. The maximum absolute atomic E-state index is 2.51. The minimum Gasteiger partial charge on any atom is -0.310 e. The van der Waals surface area contributed by atoms with Crippen LogP contribution in [-0.2, 0) is 10.8 Å². The number of benzene rings is 22. The maximum atomic E-state index is 2.51. The lowest BCUT2D eigenvalue weighted by molar-refractivity contribution is 0.793. The summed E-state index contributed by atoms with van der Waals surface area (Å²) < 4.78 is 0. The van der Waals surface area contributed by atoms with E-state index in [0.29, 0.717) is 0 Å². The van der Waals surface area contributed by atoms with E-state index in [9.17, 15) is 0 Å². The van der Waals surface area contributed by atoms with E-state index in [-0.39, 0.29) is 0 Å². The molecule has 0 radical (unpaired) electrons. The molecule has 614 valence electrons. The Balaban J connectivity index is 0.572. The summed E-state index contributed by atoms with van der Waals surface area (Å²) in [4.78, 5) is 4.98. The van der Waals surface area contributed by atoms with Crippen molar-refractivity contribution in [3.63, 3.8) is 0 Å². The zero-order chi connectivity index (χ0) is 87.0. The van der Waals surface area contributed by atoms with Gasteiger partial charge in [-0.2, -0.15) is 0 Å². The molecule has 0 N–H and O–H groups in total. The van der Waals surface area contributed by atoms with Crippen molar-refractivity contribution in [3.8, 4) is 145 Å². The second-order valence-electron chi connectivity index (χ2n) is 35.6. The lowest BCUT2D eigenvalue weighted by Gasteiger charge is -2.32. The number of nitrogens with zero attached hydrogens (tertiary/aromatic N) is 2. The number of anilines is 6. The van der Waals surface area contributed by atoms with E-state index in [0.717, 1.165) is 95.3 Å². The minimum absolute atomic E-state index is 0.522. The van der Waals surface area contributed by atoms with Crippen LogP contribution in [0.4, 0.5) is 34.1 Å². The SMILES string of the molecule is c1ccc(-c2cccc(-c3ccc(N(c4ccc(-c5ccc6ccccc6c5)cc4)c4ccc5c(c4)C4(c6ccccc6-c6ccccc64)c4ccccc4-5)cc3-c3ccc(-c4ccc5cc(-c6ccc(N(c7ccc(-c8ccccc8-c8ccccc8)c(-c8ccccc8)c7)c7ccc8c(c7)C7(c9ccccc9-c9ccccc97)c7ccccc7-8)cc6)ccc5c4)cc3)c2)cc1. The van der Waals surface area contributed by atoms with Crippen LogP contribution in [0.1, 0.15) is 44.5 Å². The number of fused-ring (bicyclic) bond motifs is 22. The van der Waals surface area contributed by atoms with E-state index < -0.39 is 10.8 Å². The van der Waals surface area contributed by atoms with Crippen LogP contribution in [0.5, 0.6) is 0 Å². The normalized spacial score (nSPS) is 12.8. The lowest BCUT2D eigenvalue weighted by atomic mass is 9.70. The summed E-state index contributed by atoms with van der Waals surface area (Å²) in [7, 11) is 0. The van der Waals surface area contributed by atoms with Gasteiger partial charge in [-0.3, -0.25) is 0 Å². The van der Waals surface area contributed by atoms with Crippen molar-refractivity contribution in [2.45, 2.75) is 10.8 Å². The highest BCUT2D eigenvalue weighted by atomic mass is 15.1. The van der Waals surface area contributed by atoms with E-state index >= 15 is 0 Å². The molecular formula is C130H84N2. The van der Waals surface area contributed by atoms with E-state index in [4.69, 9.17) is 0 Å². The van der Waals surface area contributed by atoms with Gasteiger partial charge in [0.1, 0.15) is 0 Å². The van der Waals surface area contributed by atoms with Gasteiger partial charge in [0.05, 0.1) is 10.8 Å². The molecule has 0 atom stereocenters. The third-order valence-corrected chi connectivity index (χ3v) is 28.7. The van der Waals surface area contributed by atoms with Crippen LogP contribution in [0.15, 0.2) is 510 Å². The van der Waals surface area contributed by atoms with Crippen molar-refractivity contribution in [3.05, 3.63) is 554 Å². The molecule has 0 aromatic heterocycles. The summed E-state index contributed by atoms with van der Waals surface area (Å²) >= 11 is 0. The fraction of sp³-hybridized carbons (Fsp3) is 0.0154. The predicted molar refractivity (Wildman–Crippen MR) is 552 cm³/mol. The quantitative estimate of drug-likeness (QED) is 0.101. The molecule has 0 fully saturated rings. The third-order valence-electron chi connectivity index (χ3n) is 28.7. The van der Waals surface area contributed by atoms with Crippen molar-refractivity contribution in [2.24, 2.45) is 0 Å². The molecule has 26 rings (SSSR count). The van der Waals surface area contributed by atoms with Gasteiger partial charge in [-0.15, -0.1) is 0 Å². The number of hydrogen-bond donors (Lipinski definition) is 0. The Hall–Kier alpha value is -17.0. The Morgan fingerprint density at radius 2 is 0.341 bits per heavy atom. The summed E-state index contributed by atoms with van der Waals surface area (Å²) in [6.07, 6.45) is 0. The molecule has 4 aliphatic rings. The molecule has 2 spiro atoms. The van der Waals surface area contributed by atoms with Crippen molar-refractivity contribution in [2.75, 3.05) is 9.80 Å². The molecule has 22 aromatic carbocycles. The van der Waals surface area contributed by atoms with Crippen molar-refractivity contribution in [1.29, 1.82) is 0 Å². The fourth-order valence-corrected chi connectivity index (χ4v) is 22.8. The largest absolute Gasteiger partial charge is 0.310 e. The standard InChI is InChI=1S/C130H84N2/c1-4-27-85(28-5-1)94-35-26-36-100(80-94)108-73-69-103(131(101-65-61-88(62-66-101)95-56-53-86-29-10-11-34-93(86)77-95)105-71-75-117-115-43-18-24-49-125(115)129(127(117)83-105)121-45-20-14-39-111(121)112-40-15-21-46-122(112)129)81-119(108)92-54-51-87(52-55-92)96-57-59-99-79-97(58-60-98(99)78-96)89-63-67-102(68-64-89)132(104-70-74-110(120(82-104)91-32-8-3-9-33-91)109-38-13-12-37-107(109)90-30-6-2-7-31-90)106-72-76-118-116-44-19-25-50-126(116)130(128(118)84-106)123-47-22-16-41-113(123)114-42-17-23-48-124(114)130/h1-84H. The summed E-state index contributed by atoms with van der Waals surface area (Å²) in [5, 5.41) is 4.81. The highest BCUT2D eigenvalue weighted by molar-refractivity contribution is 6.03. The van der Waals surface area contributed by atoms with Gasteiger partial charge in [0, 0.05) is 34.1 Å². The monoisotopic (exact) mass is 1670 g/mol. The van der Waals surface area contributed by atoms with Gasteiger partial charge in [0.25, 0.3) is 0 Å². The molecule has 0 bridgehead atoms. The van der Waals surface area contributed by atoms with Gasteiger partial charge in [-0.05, 0) is 308 Å². The van der Waals surface area contributed by atoms with Crippen LogP contribution in [0, 0.1) is 0 Å². The molecule has 22 aromatic rings. The Bertz CT molecular complexity index is 8250. The molecule has 2 heteroatoms. The first-order chi connectivity index (χ1) is 65.4. The van der Waals surface area contributed by atoms with Crippen LogP contribution in [-0.4, -0.2) is 0 Å². The lowest BCUT2D eigenvalue weighted by Crippen LogP contribution is -2.26. The first-order valence-corrected chi connectivity index (χ1v) is 45.9. The second kappa shape index (κ2) is 30.9. The van der Waals surface area contributed by atoms with Crippen LogP contribution < -0.4 is 9.80 Å². The molecular weight excluding hydrogens is 1590 g/mol. The van der Waals surface area contributed by atoms with E-state index in [2.05, 4.69) is 519 Å². The molecule has 0 amide bonds. The first kappa shape index (κ1) is 76.2. The van der Waals surface area contributed by atoms with Gasteiger partial charge in [-0.25, -0.2) is 0 Å². The topological polar surface area (TPSA) is 6.48 Å². The van der Waals surface area contributed by atoms with Gasteiger partial charge >= 0.3 is 0 Å². The smallest absolute Gasteiger partial charge is 0.0726 e. The molecule has 0 heterocycles. The van der Waals surface area contributed by atoms with Gasteiger partial charge < -0.3 is 9.80 Å². The summed E-state index contributed by atoms with van der Waals surface area (Å²) in [6, 6.07) is 191. The maximum Gasteiger partial charge on any atom is 0.0726 e. The molecule has 0 aliphatic heterocycles. The van der Waals surface area contributed by atoms with Gasteiger partial charge in [0.15, 0.2) is 0 Å². The zero-order valence-electron chi connectivity index (χ0n) is 72.4. The molecule has 4 aliphatic carbocycles. The van der Waals surface area contributed by atoms with E-state index in [1.807, 2.05) is 0 Å². The van der Waals surface area contributed by atoms with Crippen LogP contribution in [0.25, 0.3) is 166 Å². The summed E-state index contributed by atoms with van der Waals surface area (Å²) in [5.41, 5.74) is 47.0. The Morgan fingerprint density at radius 1 is 0.106 bits per heavy atom. The Morgan fingerprint density at radius 3 is 0.773 bits per heavy atom. The zero-order valence-corrected chi connectivity index (χ0v) is 72.4. The highest BCUT2D eigenvalue weighted by Gasteiger charge is 2.54. The van der Waals surface area contributed by atoms with Crippen molar-refractivity contribution < 1.29 is 0 Å². The van der Waals surface area contributed by atoms with E-state index in [1.165, 1.54) is 150 Å². The number of rotatable bonds is 15. The molecule has 0 saturated carbocycles. The average Bonchev–Trinajstić information content (AvgIpc) is 1.51. The van der Waals surface area contributed by atoms with Crippen LogP contribution in [0.3, 0.4) is 0 Å². The Labute approximate surface area is 769 Å². The molecule has 2 nitrogen and oxygen atoms in total. The van der Waals surface area contributed by atoms with Gasteiger partial charge in [0.2, 0.25) is 0 Å². The summed E-state index contributed by atoms with van der Waals surface area (Å²) in [5.74, 6) is 0. The highest BCUT2D eigenvalue weighted by Crippen LogP contribution is 2.66. The minimum atomic E-state index is -0.527. The molecule has 0 unspecified atom stereocenters. The number of hydrogen-bond acceptors (Lipinski definition) is 2.